The van der Waals surface area contributed by atoms with Crippen molar-refractivity contribution in [3.8, 4) is 11.5 Å². The van der Waals surface area contributed by atoms with E-state index >= 15 is 0 Å². The zero-order chi connectivity index (χ0) is 20.0. The van der Waals surface area contributed by atoms with Gasteiger partial charge in [-0.25, -0.2) is 4.79 Å². The summed E-state index contributed by atoms with van der Waals surface area (Å²) in [5, 5.41) is 9.32. The number of ether oxygens (including phenoxy) is 2. The van der Waals surface area contributed by atoms with Crippen molar-refractivity contribution in [2.75, 3.05) is 13.7 Å². The summed E-state index contributed by atoms with van der Waals surface area (Å²) in [4.78, 5) is 25.6. The molecule has 0 aromatic heterocycles. The Morgan fingerprint density at radius 2 is 2.11 bits per heavy atom. The number of carbonyl (C=O) groups is 2. The van der Waals surface area contributed by atoms with Gasteiger partial charge in [0, 0.05) is 0 Å². The van der Waals surface area contributed by atoms with E-state index in [2.05, 4.69) is 6.92 Å². The summed E-state index contributed by atoms with van der Waals surface area (Å²) in [6.07, 6.45) is 3.96. The third kappa shape index (κ3) is 5.01. The molecule has 6 nitrogen and oxygen atoms in total. The predicted octanol–water partition coefficient (Wildman–Crippen LogP) is 3.94. The second kappa shape index (κ2) is 9.75. The first-order valence-corrected chi connectivity index (χ1v) is 9.96. The molecule has 1 aliphatic heterocycles. The molecule has 0 radical (unpaired) electrons. The van der Waals surface area contributed by atoms with Crippen molar-refractivity contribution in [3.05, 3.63) is 28.7 Å². The van der Waals surface area contributed by atoms with Crippen LogP contribution in [0.2, 0.25) is 0 Å². The van der Waals surface area contributed by atoms with Gasteiger partial charge in [-0.15, -0.1) is 0 Å². The third-order valence-electron chi connectivity index (χ3n) is 4.05. The quantitative estimate of drug-likeness (QED) is 0.376. The van der Waals surface area contributed by atoms with Crippen LogP contribution in [0.1, 0.15) is 38.7 Å². The van der Waals surface area contributed by atoms with Crippen molar-refractivity contribution >= 4 is 46.3 Å². The molecule has 1 N–H and O–H groups in total. The number of benzene rings is 1. The van der Waals surface area contributed by atoms with Gasteiger partial charge in [0.15, 0.2) is 11.5 Å². The molecular formula is C19H23NO5S2. The monoisotopic (exact) mass is 409 g/mol. The highest BCUT2D eigenvalue weighted by molar-refractivity contribution is 8.26. The summed E-state index contributed by atoms with van der Waals surface area (Å²) in [6.45, 7) is 4.41. The number of thioether (sulfide) groups is 1. The fourth-order valence-electron chi connectivity index (χ4n) is 2.59. The first kappa shape index (κ1) is 21.2. The molecule has 0 saturated carbocycles. The standard InChI is InChI=1S/C19H23NO5S2/c1-4-6-9-25-14-8-7-12(10-15(14)24-3)11-16-17(21)20(19(26)27-16)13(5-2)18(22)23/h7-8,10-11,13H,4-6,9H2,1-3H3,(H,22,23). The largest absolute Gasteiger partial charge is 0.493 e. The van der Waals surface area contributed by atoms with Crippen LogP contribution >= 0.6 is 24.0 Å². The minimum Gasteiger partial charge on any atom is -0.493 e. The summed E-state index contributed by atoms with van der Waals surface area (Å²) >= 11 is 6.33. The van der Waals surface area contributed by atoms with E-state index in [-0.39, 0.29) is 16.6 Å². The number of thiocarbonyl (C=S) groups is 1. The van der Waals surface area contributed by atoms with Crippen LogP contribution in [0.5, 0.6) is 11.5 Å². The number of carbonyl (C=O) groups excluding carboxylic acids is 1. The first-order chi connectivity index (χ1) is 12.9. The lowest BCUT2D eigenvalue weighted by Crippen LogP contribution is -2.43. The molecule has 0 aliphatic carbocycles. The van der Waals surface area contributed by atoms with Crippen LogP contribution in [0.15, 0.2) is 23.1 Å². The average molecular weight is 410 g/mol. The number of carboxylic acid groups (broad SMARTS) is 1. The number of methoxy groups -OCH3 is 1. The minimum absolute atomic E-state index is 0.256. The lowest BCUT2D eigenvalue weighted by molar-refractivity contribution is -0.145. The fraction of sp³-hybridized carbons (Fsp3) is 0.421. The summed E-state index contributed by atoms with van der Waals surface area (Å²) in [5.41, 5.74) is 0.749. The van der Waals surface area contributed by atoms with Crippen molar-refractivity contribution in [1.82, 2.24) is 4.90 Å². The van der Waals surface area contributed by atoms with Gasteiger partial charge in [0.25, 0.3) is 5.91 Å². The molecule has 1 heterocycles. The molecule has 8 heteroatoms. The average Bonchev–Trinajstić information content (AvgIpc) is 2.91. The molecule has 0 bridgehead atoms. The van der Waals surface area contributed by atoms with Gasteiger partial charge < -0.3 is 14.6 Å². The lowest BCUT2D eigenvalue weighted by Gasteiger charge is -2.21. The van der Waals surface area contributed by atoms with Crippen molar-refractivity contribution < 1.29 is 24.2 Å². The van der Waals surface area contributed by atoms with Crippen molar-refractivity contribution in [2.24, 2.45) is 0 Å². The molecule has 1 amide bonds. The zero-order valence-electron chi connectivity index (χ0n) is 15.6. The van der Waals surface area contributed by atoms with Crippen LogP contribution < -0.4 is 9.47 Å². The molecule has 1 unspecified atom stereocenters. The van der Waals surface area contributed by atoms with E-state index in [1.54, 1.807) is 32.2 Å². The van der Waals surface area contributed by atoms with E-state index in [0.717, 1.165) is 30.2 Å². The first-order valence-electron chi connectivity index (χ1n) is 8.73. The second-order valence-corrected chi connectivity index (χ2v) is 7.60. The highest BCUT2D eigenvalue weighted by atomic mass is 32.2. The Balaban J connectivity index is 2.24. The Bertz CT molecular complexity index is 762. The molecule has 146 valence electrons. The van der Waals surface area contributed by atoms with E-state index in [1.807, 2.05) is 6.07 Å². The summed E-state index contributed by atoms with van der Waals surface area (Å²) < 4.78 is 11.3. The summed E-state index contributed by atoms with van der Waals surface area (Å²) in [5.74, 6) is -0.230. The SMILES string of the molecule is CCCCOc1ccc(C=C2SC(=S)N(C(CC)C(=O)O)C2=O)cc1OC. The van der Waals surface area contributed by atoms with Crippen LogP contribution in [0.25, 0.3) is 6.08 Å². The normalized spacial score (nSPS) is 16.7. The summed E-state index contributed by atoms with van der Waals surface area (Å²) in [6, 6.07) is 4.45. The lowest BCUT2D eigenvalue weighted by atomic mass is 10.1. The second-order valence-electron chi connectivity index (χ2n) is 5.93. The molecule has 1 atom stereocenters. The van der Waals surface area contributed by atoms with Gasteiger partial charge in [0.1, 0.15) is 10.4 Å². The Labute approximate surface area is 168 Å². The number of hydrogen-bond donors (Lipinski definition) is 1. The topological polar surface area (TPSA) is 76.1 Å². The van der Waals surface area contributed by atoms with Crippen LogP contribution in [-0.2, 0) is 9.59 Å². The fourth-order valence-corrected chi connectivity index (χ4v) is 3.94. The highest BCUT2D eigenvalue weighted by Crippen LogP contribution is 2.36. The van der Waals surface area contributed by atoms with E-state index in [4.69, 9.17) is 21.7 Å². The maximum absolute atomic E-state index is 12.7. The van der Waals surface area contributed by atoms with Gasteiger partial charge in [-0.2, -0.15) is 0 Å². The third-order valence-corrected chi connectivity index (χ3v) is 5.38. The number of unbranched alkanes of at least 4 members (excludes halogenated alkanes) is 1. The smallest absolute Gasteiger partial charge is 0.326 e. The molecule has 1 fully saturated rings. The predicted molar refractivity (Wildman–Crippen MR) is 110 cm³/mol. The molecule has 0 spiro atoms. The van der Waals surface area contributed by atoms with E-state index < -0.39 is 12.0 Å². The van der Waals surface area contributed by atoms with Gasteiger partial charge in [-0.1, -0.05) is 50.3 Å². The number of amides is 1. The molecule has 1 aromatic carbocycles. The maximum Gasteiger partial charge on any atom is 0.326 e. The van der Waals surface area contributed by atoms with E-state index in [1.165, 1.54) is 4.90 Å². The zero-order valence-corrected chi connectivity index (χ0v) is 17.2. The summed E-state index contributed by atoms with van der Waals surface area (Å²) in [7, 11) is 1.56. The molecule has 1 aliphatic rings. The van der Waals surface area contributed by atoms with Crippen LogP contribution in [-0.4, -0.2) is 46.0 Å². The Morgan fingerprint density at radius 1 is 1.37 bits per heavy atom. The number of rotatable bonds is 9. The van der Waals surface area contributed by atoms with Crippen molar-refractivity contribution in [2.45, 2.75) is 39.2 Å². The van der Waals surface area contributed by atoms with Crippen LogP contribution in [0, 0.1) is 0 Å². The van der Waals surface area contributed by atoms with Crippen LogP contribution in [0.4, 0.5) is 0 Å². The Morgan fingerprint density at radius 3 is 2.70 bits per heavy atom. The van der Waals surface area contributed by atoms with E-state index in [0.29, 0.717) is 23.0 Å². The van der Waals surface area contributed by atoms with Crippen molar-refractivity contribution in [1.29, 1.82) is 0 Å². The van der Waals surface area contributed by atoms with Crippen molar-refractivity contribution in [3.63, 3.8) is 0 Å². The van der Waals surface area contributed by atoms with Gasteiger partial charge >= 0.3 is 5.97 Å². The van der Waals surface area contributed by atoms with Gasteiger partial charge in [-0.3, -0.25) is 9.69 Å². The molecular weight excluding hydrogens is 386 g/mol. The highest BCUT2D eigenvalue weighted by Gasteiger charge is 2.39. The van der Waals surface area contributed by atoms with Gasteiger partial charge in [0.05, 0.1) is 18.6 Å². The minimum atomic E-state index is -1.06. The van der Waals surface area contributed by atoms with E-state index in [9.17, 15) is 14.7 Å². The number of aliphatic carboxylic acids is 1. The molecule has 27 heavy (non-hydrogen) atoms. The molecule has 1 aromatic rings. The number of nitrogens with zero attached hydrogens (tertiary/aromatic N) is 1. The Kier molecular flexibility index (Phi) is 7.67. The molecule has 2 rings (SSSR count). The maximum atomic E-state index is 12.7. The van der Waals surface area contributed by atoms with Gasteiger partial charge in [0.2, 0.25) is 0 Å². The number of carboxylic acids is 1. The van der Waals surface area contributed by atoms with Gasteiger partial charge in [-0.05, 0) is 36.6 Å². The van der Waals surface area contributed by atoms with Crippen LogP contribution in [0.3, 0.4) is 0 Å². The molecule has 1 saturated heterocycles. The number of hydrogen-bond acceptors (Lipinski definition) is 6. The Hall–Kier alpha value is -2.06.